The molecule has 114 valence electrons. The molecule has 1 heterocycles. The molecule has 0 saturated carbocycles. The fourth-order valence-corrected chi connectivity index (χ4v) is 1.64. The van der Waals surface area contributed by atoms with Gasteiger partial charge in [0.2, 0.25) is 5.56 Å². The van der Waals surface area contributed by atoms with Gasteiger partial charge in [-0.05, 0) is 30.7 Å². The summed E-state index contributed by atoms with van der Waals surface area (Å²) in [6, 6.07) is 9.84. The molecule has 0 radical (unpaired) electrons. The first-order valence-electron chi connectivity index (χ1n) is 6.52. The maximum Gasteiger partial charge on any atom is 0.276 e. The highest BCUT2D eigenvalue weighted by molar-refractivity contribution is 5.95. The second-order valence-corrected chi connectivity index (χ2v) is 4.55. The summed E-state index contributed by atoms with van der Waals surface area (Å²) < 4.78 is 5.29. The van der Waals surface area contributed by atoms with Crippen LogP contribution in [0.5, 0.6) is 5.75 Å². The minimum atomic E-state index is -0.542. The number of carbonyl (C=O) groups excluding carboxylic acids is 2. The van der Waals surface area contributed by atoms with E-state index in [0.29, 0.717) is 5.75 Å². The van der Waals surface area contributed by atoms with Crippen molar-refractivity contribution in [2.75, 3.05) is 6.61 Å². The van der Waals surface area contributed by atoms with Crippen molar-refractivity contribution >= 4 is 11.8 Å². The Labute approximate surface area is 126 Å². The average Bonchev–Trinajstić information content (AvgIpc) is 2.51. The first-order chi connectivity index (χ1) is 10.5. The number of rotatable bonds is 4. The number of pyridine rings is 1. The van der Waals surface area contributed by atoms with Crippen molar-refractivity contribution in [2.24, 2.45) is 0 Å². The molecule has 1 aromatic heterocycles. The van der Waals surface area contributed by atoms with Crippen LogP contribution in [0.4, 0.5) is 0 Å². The van der Waals surface area contributed by atoms with Crippen LogP contribution in [0.25, 0.3) is 0 Å². The molecule has 22 heavy (non-hydrogen) atoms. The van der Waals surface area contributed by atoms with Gasteiger partial charge in [-0.25, -0.2) is 0 Å². The summed E-state index contributed by atoms with van der Waals surface area (Å²) in [6.45, 7) is 1.69. The molecule has 0 atom stereocenters. The van der Waals surface area contributed by atoms with E-state index in [4.69, 9.17) is 4.74 Å². The normalized spacial score (nSPS) is 9.86. The minimum absolute atomic E-state index is 0.222. The number of hydrogen-bond acceptors (Lipinski definition) is 4. The lowest BCUT2D eigenvalue weighted by Crippen LogP contribution is -2.43. The lowest BCUT2D eigenvalue weighted by molar-refractivity contribution is -0.123. The van der Waals surface area contributed by atoms with E-state index < -0.39 is 11.8 Å². The molecule has 0 fully saturated rings. The Morgan fingerprint density at radius 3 is 2.68 bits per heavy atom. The minimum Gasteiger partial charge on any atom is -0.484 e. The molecule has 0 aliphatic heterocycles. The summed E-state index contributed by atoms with van der Waals surface area (Å²) in [6.07, 6.45) is 1.26. The molecule has 7 heteroatoms. The summed E-state index contributed by atoms with van der Waals surface area (Å²) in [5.74, 6) is -0.471. The highest BCUT2D eigenvalue weighted by atomic mass is 16.5. The first-order valence-corrected chi connectivity index (χ1v) is 6.52. The molecule has 0 aliphatic rings. The lowest BCUT2D eigenvalue weighted by atomic mass is 10.2. The SMILES string of the molecule is Cc1cccc(OCC(=O)NNC(=O)c2ccc(=O)[nH]c2)c1. The van der Waals surface area contributed by atoms with Crippen LogP contribution in [0.2, 0.25) is 0 Å². The summed E-state index contributed by atoms with van der Waals surface area (Å²) >= 11 is 0. The number of ether oxygens (including phenoxy) is 1. The van der Waals surface area contributed by atoms with Gasteiger partial charge in [0.25, 0.3) is 11.8 Å². The van der Waals surface area contributed by atoms with Gasteiger partial charge in [0.1, 0.15) is 5.75 Å². The monoisotopic (exact) mass is 301 g/mol. The van der Waals surface area contributed by atoms with Crippen molar-refractivity contribution in [1.29, 1.82) is 0 Å². The Morgan fingerprint density at radius 2 is 2.00 bits per heavy atom. The molecule has 2 aromatic rings. The van der Waals surface area contributed by atoms with E-state index in [1.807, 2.05) is 19.1 Å². The molecule has 0 aliphatic carbocycles. The number of amides is 2. The van der Waals surface area contributed by atoms with Gasteiger partial charge in [-0.1, -0.05) is 12.1 Å². The number of hydrazine groups is 1. The standard InChI is InChI=1S/C15H15N3O4/c1-10-3-2-4-12(7-10)22-9-14(20)17-18-15(21)11-5-6-13(19)16-8-11/h2-8H,9H2,1H3,(H,16,19)(H,17,20)(H,18,21). The fourth-order valence-electron chi connectivity index (χ4n) is 1.64. The molecule has 7 nitrogen and oxygen atoms in total. The second kappa shape index (κ2) is 7.07. The van der Waals surface area contributed by atoms with Crippen LogP contribution in [-0.4, -0.2) is 23.4 Å². The Kier molecular flexibility index (Phi) is 4.92. The number of aromatic nitrogens is 1. The maximum atomic E-state index is 11.7. The zero-order chi connectivity index (χ0) is 15.9. The quantitative estimate of drug-likeness (QED) is 0.717. The van der Waals surface area contributed by atoms with E-state index >= 15 is 0 Å². The largest absolute Gasteiger partial charge is 0.484 e. The van der Waals surface area contributed by atoms with Crippen LogP contribution in [-0.2, 0) is 4.79 Å². The fraction of sp³-hybridized carbons (Fsp3) is 0.133. The third-order valence-electron chi connectivity index (χ3n) is 2.72. The molecule has 1 aromatic carbocycles. The van der Waals surface area contributed by atoms with Crippen molar-refractivity contribution in [3.05, 3.63) is 64.1 Å². The van der Waals surface area contributed by atoms with E-state index in [9.17, 15) is 14.4 Å². The summed E-state index contributed by atoms with van der Waals surface area (Å²) in [4.78, 5) is 36.5. The van der Waals surface area contributed by atoms with Crippen molar-refractivity contribution < 1.29 is 14.3 Å². The Hall–Kier alpha value is -3.09. The summed E-state index contributed by atoms with van der Waals surface area (Å²) in [5.41, 5.74) is 5.38. The number of benzene rings is 1. The Balaban J connectivity index is 1.79. The predicted octanol–water partition coefficient (Wildman–Crippen LogP) is 0.523. The van der Waals surface area contributed by atoms with Crippen LogP contribution in [0.15, 0.2) is 47.4 Å². The van der Waals surface area contributed by atoms with Crippen LogP contribution in [0.3, 0.4) is 0 Å². The first kappa shape index (κ1) is 15.3. The number of nitrogens with one attached hydrogen (secondary N) is 3. The zero-order valence-electron chi connectivity index (χ0n) is 11.9. The smallest absolute Gasteiger partial charge is 0.276 e. The van der Waals surface area contributed by atoms with Gasteiger partial charge < -0.3 is 9.72 Å². The third kappa shape index (κ3) is 4.48. The van der Waals surface area contributed by atoms with E-state index in [-0.39, 0.29) is 17.7 Å². The van der Waals surface area contributed by atoms with Gasteiger partial charge in [0.05, 0.1) is 5.56 Å². The topological polar surface area (TPSA) is 100 Å². The van der Waals surface area contributed by atoms with Crippen LogP contribution >= 0.6 is 0 Å². The lowest BCUT2D eigenvalue weighted by Gasteiger charge is -2.09. The van der Waals surface area contributed by atoms with Gasteiger partial charge in [-0.15, -0.1) is 0 Å². The molecule has 0 spiro atoms. The molecule has 0 bridgehead atoms. The third-order valence-corrected chi connectivity index (χ3v) is 2.72. The van der Waals surface area contributed by atoms with Crippen molar-refractivity contribution in [1.82, 2.24) is 15.8 Å². The van der Waals surface area contributed by atoms with Gasteiger partial charge in [0.15, 0.2) is 6.61 Å². The Bertz CT molecular complexity index is 719. The maximum absolute atomic E-state index is 11.7. The molecule has 3 N–H and O–H groups in total. The van der Waals surface area contributed by atoms with E-state index in [0.717, 1.165) is 5.56 Å². The average molecular weight is 301 g/mol. The van der Waals surface area contributed by atoms with Crippen LogP contribution < -0.4 is 21.1 Å². The molecule has 0 unspecified atom stereocenters. The van der Waals surface area contributed by atoms with Gasteiger partial charge >= 0.3 is 0 Å². The number of aromatic amines is 1. The van der Waals surface area contributed by atoms with Crippen LogP contribution in [0.1, 0.15) is 15.9 Å². The van der Waals surface area contributed by atoms with Crippen molar-refractivity contribution in [3.63, 3.8) is 0 Å². The number of hydrogen-bond donors (Lipinski definition) is 3. The molecular weight excluding hydrogens is 286 g/mol. The Morgan fingerprint density at radius 1 is 1.18 bits per heavy atom. The van der Waals surface area contributed by atoms with Crippen LogP contribution in [0, 0.1) is 6.92 Å². The van der Waals surface area contributed by atoms with E-state index in [1.165, 1.54) is 18.3 Å². The number of aryl methyl sites for hydroxylation is 1. The van der Waals surface area contributed by atoms with Gasteiger partial charge in [-0.2, -0.15) is 0 Å². The van der Waals surface area contributed by atoms with Crippen molar-refractivity contribution in [2.45, 2.75) is 6.92 Å². The highest BCUT2D eigenvalue weighted by Gasteiger charge is 2.08. The molecular formula is C15H15N3O4. The predicted molar refractivity (Wildman–Crippen MR) is 79.3 cm³/mol. The van der Waals surface area contributed by atoms with E-state index in [1.54, 1.807) is 12.1 Å². The van der Waals surface area contributed by atoms with Gasteiger partial charge in [-0.3, -0.25) is 25.2 Å². The summed E-state index contributed by atoms with van der Waals surface area (Å²) in [5, 5.41) is 0. The molecule has 2 rings (SSSR count). The zero-order valence-corrected chi connectivity index (χ0v) is 11.9. The summed E-state index contributed by atoms with van der Waals surface area (Å²) in [7, 11) is 0. The number of carbonyl (C=O) groups is 2. The molecule has 2 amide bonds. The molecule has 0 saturated heterocycles. The van der Waals surface area contributed by atoms with Gasteiger partial charge in [0, 0.05) is 12.3 Å². The van der Waals surface area contributed by atoms with E-state index in [2.05, 4.69) is 15.8 Å². The highest BCUT2D eigenvalue weighted by Crippen LogP contribution is 2.11. The second-order valence-electron chi connectivity index (χ2n) is 4.55. The number of H-pyrrole nitrogens is 1. The van der Waals surface area contributed by atoms with Crippen molar-refractivity contribution in [3.8, 4) is 5.75 Å².